The number of benzene rings is 1. The third kappa shape index (κ3) is 6.03. The Kier molecular flexibility index (Phi) is 7.68. The third-order valence-corrected chi connectivity index (χ3v) is 6.40. The highest BCUT2D eigenvalue weighted by molar-refractivity contribution is 5.56. The molecule has 2 heterocycles. The zero-order valence-electron chi connectivity index (χ0n) is 18.7. The van der Waals surface area contributed by atoms with E-state index in [4.69, 9.17) is 0 Å². The van der Waals surface area contributed by atoms with Gasteiger partial charge in [-0.15, -0.1) is 0 Å². The Morgan fingerprint density at radius 3 is 2.44 bits per heavy atom. The molecule has 0 amide bonds. The Morgan fingerprint density at radius 2 is 1.69 bits per heavy atom. The summed E-state index contributed by atoms with van der Waals surface area (Å²) >= 11 is 0. The molecule has 1 aromatic heterocycles. The van der Waals surface area contributed by atoms with E-state index in [1.807, 2.05) is 0 Å². The molecular weight excluding hydrogens is 412 g/mol. The first-order valence-corrected chi connectivity index (χ1v) is 11.8. The van der Waals surface area contributed by atoms with Gasteiger partial charge in [0.1, 0.15) is 11.6 Å². The van der Waals surface area contributed by atoms with Gasteiger partial charge >= 0.3 is 0 Å². The maximum Gasteiger partial charge on any atom is 0.233 e. The summed E-state index contributed by atoms with van der Waals surface area (Å²) in [5.74, 6) is -0.174. The van der Waals surface area contributed by atoms with E-state index < -0.39 is 11.6 Å². The maximum atomic E-state index is 14.2. The topological polar surface area (TPSA) is 78.0 Å². The van der Waals surface area contributed by atoms with E-state index >= 15 is 0 Å². The zero-order chi connectivity index (χ0) is 22.3. The molecule has 2 aliphatic rings. The molecule has 9 heteroatoms. The molecule has 0 spiro atoms. The summed E-state index contributed by atoms with van der Waals surface area (Å²) in [7, 11) is 0. The summed E-state index contributed by atoms with van der Waals surface area (Å²) in [6.07, 6.45) is 9.40. The maximum absolute atomic E-state index is 14.2. The van der Waals surface area contributed by atoms with Crippen LogP contribution in [0, 0.1) is 11.6 Å². The Labute approximate surface area is 188 Å². The van der Waals surface area contributed by atoms with Crippen LogP contribution < -0.4 is 16.0 Å². The third-order valence-electron chi connectivity index (χ3n) is 6.40. The van der Waals surface area contributed by atoms with E-state index in [1.165, 1.54) is 44.2 Å². The number of halogens is 2. The molecule has 3 N–H and O–H groups in total. The van der Waals surface area contributed by atoms with Gasteiger partial charge in [0.2, 0.25) is 17.8 Å². The smallest absolute Gasteiger partial charge is 0.233 e. The van der Waals surface area contributed by atoms with Crippen molar-refractivity contribution in [3.63, 3.8) is 0 Å². The fraction of sp³-hybridized carbons (Fsp3) is 0.609. The predicted molar refractivity (Wildman–Crippen MR) is 123 cm³/mol. The summed E-state index contributed by atoms with van der Waals surface area (Å²) in [5.41, 5.74) is 0.122. The first-order chi connectivity index (χ1) is 15.6. The van der Waals surface area contributed by atoms with E-state index in [0.29, 0.717) is 24.0 Å². The van der Waals surface area contributed by atoms with Crippen molar-refractivity contribution in [1.82, 2.24) is 19.9 Å². The molecule has 32 heavy (non-hydrogen) atoms. The fourth-order valence-corrected chi connectivity index (χ4v) is 4.64. The van der Waals surface area contributed by atoms with Crippen molar-refractivity contribution in [2.75, 3.05) is 35.6 Å². The summed E-state index contributed by atoms with van der Waals surface area (Å²) < 4.78 is 27.5. The molecule has 1 aromatic carbocycles. The van der Waals surface area contributed by atoms with Crippen molar-refractivity contribution in [2.24, 2.45) is 0 Å². The molecule has 1 unspecified atom stereocenters. The second-order valence-electron chi connectivity index (χ2n) is 8.69. The lowest BCUT2D eigenvalue weighted by Crippen LogP contribution is -2.35. The van der Waals surface area contributed by atoms with Gasteiger partial charge in [-0.05, 0) is 50.9 Å². The molecule has 1 aliphatic heterocycles. The number of nitrogens with zero attached hydrogens (tertiary/aromatic N) is 4. The molecule has 0 radical (unpaired) electrons. The van der Waals surface area contributed by atoms with Gasteiger partial charge in [0, 0.05) is 24.7 Å². The number of anilines is 4. The predicted octanol–water partition coefficient (Wildman–Crippen LogP) is 4.92. The van der Waals surface area contributed by atoms with Gasteiger partial charge in [0.25, 0.3) is 0 Å². The fourth-order valence-electron chi connectivity index (χ4n) is 4.64. The van der Waals surface area contributed by atoms with Crippen molar-refractivity contribution in [3.8, 4) is 0 Å². The monoisotopic (exact) mass is 445 g/mol. The second kappa shape index (κ2) is 10.8. The van der Waals surface area contributed by atoms with Crippen LogP contribution in [-0.4, -0.2) is 51.6 Å². The van der Waals surface area contributed by atoms with Crippen LogP contribution >= 0.6 is 0 Å². The van der Waals surface area contributed by atoms with Crippen molar-refractivity contribution >= 4 is 23.5 Å². The molecule has 1 aliphatic carbocycles. The molecule has 0 bridgehead atoms. The van der Waals surface area contributed by atoms with Crippen LogP contribution in [0.2, 0.25) is 0 Å². The quantitative estimate of drug-likeness (QED) is 0.498. The second-order valence-corrected chi connectivity index (χ2v) is 8.69. The zero-order valence-corrected chi connectivity index (χ0v) is 18.7. The first-order valence-electron chi connectivity index (χ1n) is 11.8. The highest BCUT2D eigenvalue weighted by Gasteiger charge is 2.23. The highest BCUT2D eigenvalue weighted by atomic mass is 19.1. The van der Waals surface area contributed by atoms with Gasteiger partial charge in [-0.2, -0.15) is 15.0 Å². The SMILES string of the molecule is CCN1CCCC1CNc1nc(Nc2ccc(F)cc2F)nc(NC2CCCCCC2)n1. The normalized spacial score (nSPS) is 20.2. The lowest BCUT2D eigenvalue weighted by Gasteiger charge is -2.23. The van der Waals surface area contributed by atoms with Crippen molar-refractivity contribution < 1.29 is 8.78 Å². The molecule has 2 aromatic rings. The molecule has 1 atom stereocenters. The summed E-state index contributed by atoms with van der Waals surface area (Å²) in [4.78, 5) is 16.0. The number of hydrogen-bond acceptors (Lipinski definition) is 7. The number of likely N-dealkylation sites (N-methyl/N-ethyl adjacent to an activating group) is 1. The Hall–Kier alpha value is -2.55. The number of hydrogen-bond donors (Lipinski definition) is 3. The molecule has 1 saturated heterocycles. The van der Waals surface area contributed by atoms with Crippen LogP contribution in [0.25, 0.3) is 0 Å². The van der Waals surface area contributed by atoms with Crippen LogP contribution in [-0.2, 0) is 0 Å². The van der Waals surface area contributed by atoms with Gasteiger partial charge < -0.3 is 16.0 Å². The molecule has 7 nitrogen and oxygen atoms in total. The van der Waals surface area contributed by atoms with E-state index in [0.717, 1.165) is 45.0 Å². The van der Waals surface area contributed by atoms with Gasteiger partial charge in [0.15, 0.2) is 0 Å². The van der Waals surface area contributed by atoms with Gasteiger partial charge in [-0.25, -0.2) is 8.78 Å². The minimum absolute atomic E-state index is 0.122. The van der Waals surface area contributed by atoms with Crippen LogP contribution in [0.5, 0.6) is 0 Å². The molecule has 4 rings (SSSR count). The number of aromatic nitrogens is 3. The molecular formula is C23H33F2N7. The van der Waals surface area contributed by atoms with Crippen LogP contribution in [0.3, 0.4) is 0 Å². The van der Waals surface area contributed by atoms with E-state index in [2.05, 4.69) is 42.7 Å². The number of nitrogens with one attached hydrogen (secondary N) is 3. The summed E-state index contributed by atoms with van der Waals surface area (Å²) in [6.45, 7) is 5.06. The molecule has 2 fully saturated rings. The van der Waals surface area contributed by atoms with Crippen molar-refractivity contribution in [3.05, 3.63) is 29.8 Å². The minimum atomic E-state index is -0.692. The first kappa shape index (κ1) is 22.6. The van der Waals surface area contributed by atoms with Crippen molar-refractivity contribution in [2.45, 2.75) is 70.4 Å². The van der Waals surface area contributed by atoms with E-state index in [9.17, 15) is 8.78 Å². The summed E-state index contributed by atoms with van der Waals surface area (Å²) in [5, 5.41) is 9.69. The Morgan fingerprint density at radius 1 is 0.938 bits per heavy atom. The average Bonchev–Trinajstić information content (AvgIpc) is 3.09. The van der Waals surface area contributed by atoms with E-state index in [-0.39, 0.29) is 11.6 Å². The average molecular weight is 446 g/mol. The van der Waals surface area contributed by atoms with Crippen molar-refractivity contribution in [1.29, 1.82) is 0 Å². The Bertz CT molecular complexity index is 887. The van der Waals surface area contributed by atoms with Gasteiger partial charge in [-0.1, -0.05) is 32.6 Å². The largest absolute Gasteiger partial charge is 0.352 e. The molecule has 1 saturated carbocycles. The summed E-state index contributed by atoms with van der Waals surface area (Å²) in [6, 6.07) is 4.15. The highest BCUT2D eigenvalue weighted by Crippen LogP contribution is 2.23. The van der Waals surface area contributed by atoms with Gasteiger partial charge in [0.05, 0.1) is 5.69 Å². The molecule has 174 valence electrons. The number of likely N-dealkylation sites (tertiary alicyclic amines) is 1. The standard InChI is InChI=1S/C23H33F2N7/c1-2-32-13-7-10-18(32)15-26-21-29-22(27-17-8-5-3-4-6-9-17)31-23(30-21)28-20-12-11-16(24)14-19(20)25/h11-12,14,17-18H,2-10,13,15H2,1H3,(H3,26,27,28,29,30,31). The van der Waals surface area contributed by atoms with E-state index in [1.54, 1.807) is 0 Å². The minimum Gasteiger partial charge on any atom is -0.352 e. The lowest BCUT2D eigenvalue weighted by molar-refractivity contribution is 0.277. The van der Waals surface area contributed by atoms with Crippen LogP contribution in [0.15, 0.2) is 18.2 Å². The van der Waals surface area contributed by atoms with Gasteiger partial charge in [-0.3, -0.25) is 4.90 Å². The van der Waals surface area contributed by atoms with Crippen LogP contribution in [0.4, 0.5) is 32.3 Å². The Balaban J connectivity index is 1.52. The number of rotatable bonds is 8. The van der Waals surface area contributed by atoms with Crippen LogP contribution in [0.1, 0.15) is 58.3 Å². The lowest BCUT2D eigenvalue weighted by atomic mass is 10.1.